The fraction of sp³-hybridized carbons (Fsp3) is 0.385. The number of anilines is 2. The van der Waals surface area contributed by atoms with Gasteiger partial charge in [-0.2, -0.15) is 0 Å². The van der Waals surface area contributed by atoms with E-state index in [0.29, 0.717) is 47.5 Å². The average Bonchev–Trinajstić information content (AvgIpc) is 2.75. The number of carboxylic acids is 1. The Morgan fingerprint density at radius 2 is 2.00 bits per heavy atom. The first-order valence-electron chi connectivity index (χ1n) is 11.5. The number of ether oxygens (including phenoxy) is 1. The summed E-state index contributed by atoms with van der Waals surface area (Å²) in [6, 6.07) is 6.58. The molecule has 2 atom stereocenters. The number of hydrogen-bond donors (Lipinski definition) is 4. The Kier molecular flexibility index (Phi) is 7.78. The van der Waals surface area contributed by atoms with Gasteiger partial charge in [-0.05, 0) is 75.1 Å². The highest BCUT2D eigenvalue weighted by molar-refractivity contribution is 5.99. The van der Waals surface area contributed by atoms with Crippen LogP contribution in [-0.2, 0) is 14.3 Å². The smallest absolute Gasteiger partial charge is 0.408 e. The van der Waals surface area contributed by atoms with Crippen molar-refractivity contribution in [3.63, 3.8) is 0 Å². The molecule has 2 aromatic rings. The summed E-state index contributed by atoms with van der Waals surface area (Å²) in [5.74, 6) is -1.52. The Morgan fingerprint density at radius 3 is 2.69 bits per heavy atom. The standard InChI is InChI=1S/C26H32N4O5/c1-15-6-5-7-20(30-25(34)35-26(2,3)4)22-13-16(10-11-28-22)18-12-17(8-9-23(31)32)19(27)14-21(18)29-24(15)33/h8-15,20H,5-7,27H2,1-4H3,(H,29,33)(H,30,34)(H,31,32)/b9-8+/t15-,20+/m1/s1. The Balaban J connectivity index is 2.09. The number of benzene rings is 1. The van der Waals surface area contributed by atoms with Gasteiger partial charge in [-0.1, -0.05) is 13.3 Å². The van der Waals surface area contributed by atoms with E-state index in [9.17, 15) is 14.4 Å². The molecule has 0 radical (unpaired) electrons. The van der Waals surface area contributed by atoms with Gasteiger partial charge in [0, 0.05) is 29.4 Å². The lowest BCUT2D eigenvalue weighted by Gasteiger charge is -2.25. The molecule has 0 spiro atoms. The van der Waals surface area contributed by atoms with Gasteiger partial charge in [0.15, 0.2) is 0 Å². The van der Waals surface area contributed by atoms with Gasteiger partial charge < -0.3 is 26.2 Å². The predicted octanol–water partition coefficient (Wildman–Crippen LogP) is 4.75. The maximum absolute atomic E-state index is 12.9. The minimum absolute atomic E-state index is 0.147. The summed E-state index contributed by atoms with van der Waals surface area (Å²) in [5, 5.41) is 14.9. The second-order valence-electron chi connectivity index (χ2n) is 9.69. The molecule has 0 unspecified atom stereocenters. The maximum Gasteiger partial charge on any atom is 0.408 e. The number of amides is 2. The van der Waals surface area contributed by atoms with Gasteiger partial charge in [0.05, 0.1) is 17.4 Å². The molecule has 0 aliphatic carbocycles. The largest absolute Gasteiger partial charge is 0.478 e. The fourth-order valence-corrected chi connectivity index (χ4v) is 3.85. The molecule has 1 aromatic heterocycles. The van der Waals surface area contributed by atoms with Gasteiger partial charge in [0.25, 0.3) is 0 Å². The van der Waals surface area contributed by atoms with Crippen molar-refractivity contribution in [1.29, 1.82) is 0 Å². The van der Waals surface area contributed by atoms with Crippen LogP contribution in [0.25, 0.3) is 17.2 Å². The molecular weight excluding hydrogens is 448 g/mol. The SMILES string of the molecule is C[C@@H]1CCC[C@H](NC(=O)OC(C)(C)C)c2cc(ccn2)-c2cc(/C=C/C(=O)O)c(N)cc2NC1=O. The first-order valence-corrected chi connectivity index (χ1v) is 11.5. The third-order valence-electron chi connectivity index (χ3n) is 5.60. The number of alkyl carbamates (subject to hydrolysis) is 1. The molecule has 0 saturated carbocycles. The highest BCUT2D eigenvalue weighted by Gasteiger charge is 2.24. The molecule has 186 valence electrons. The van der Waals surface area contributed by atoms with Crippen molar-refractivity contribution in [2.75, 3.05) is 11.1 Å². The molecule has 3 rings (SSSR count). The van der Waals surface area contributed by atoms with Gasteiger partial charge >= 0.3 is 12.1 Å². The van der Waals surface area contributed by atoms with Crippen LogP contribution in [0.15, 0.2) is 36.5 Å². The number of aliphatic carboxylic acids is 1. The van der Waals surface area contributed by atoms with E-state index in [1.54, 1.807) is 45.2 Å². The van der Waals surface area contributed by atoms with Gasteiger partial charge in [-0.25, -0.2) is 9.59 Å². The fourth-order valence-electron chi connectivity index (χ4n) is 3.85. The molecule has 1 aliphatic heterocycles. The van der Waals surface area contributed by atoms with Crippen molar-refractivity contribution in [1.82, 2.24) is 10.3 Å². The van der Waals surface area contributed by atoms with E-state index in [2.05, 4.69) is 15.6 Å². The summed E-state index contributed by atoms with van der Waals surface area (Å²) in [6.45, 7) is 7.24. The molecule has 2 amide bonds. The van der Waals surface area contributed by atoms with Crippen molar-refractivity contribution < 1.29 is 24.2 Å². The van der Waals surface area contributed by atoms with Crippen LogP contribution in [0.2, 0.25) is 0 Å². The Morgan fingerprint density at radius 1 is 1.26 bits per heavy atom. The summed E-state index contributed by atoms with van der Waals surface area (Å²) in [5.41, 5.74) is 8.92. The highest BCUT2D eigenvalue weighted by atomic mass is 16.6. The lowest BCUT2D eigenvalue weighted by molar-refractivity contribution is -0.131. The zero-order valence-electron chi connectivity index (χ0n) is 20.4. The number of aromatic nitrogens is 1. The van der Waals surface area contributed by atoms with Gasteiger partial charge in [-0.3, -0.25) is 9.78 Å². The summed E-state index contributed by atoms with van der Waals surface area (Å²) >= 11 is 0. The molecule has 2 bridgehead atoms. The zero-order chi connectivity index (χ0) is 25.8. The van der Waals surface area contributed by atoms with E-state index in [-0.39, 0.29) is 11.8 Å². The van der Waals surface area contributed by atoms with Crippen LogP contribution in [0.5, 0.6) is 0 Å². The molecule has 5 N–H and O–H groups in total. The molecule has 9 nitrogen and oxygen atoms in total. The molecule has 0 fully saturated rings. The molecule has 1 aromatic carbocycles. The number of nitrogens with zero attached hydrogens (tertiary/aromatic N) is 1. The summed E-state index contributed by atoms with van der Waals surface area (Å²) < 4.78 is 5.44. The monoisotopic (exact) mass is 480 g/mol. The minimum Gasteiger partial charge on any atom is -0.478 e. The first-order chi connectivity index (χ1) is 16.4. The van der Waals surface area contributed by atoms with Crippen molar-refractivity contribution in [3.8, 4) is 11.1 Å². The van der Waals surface area contributed by atoms with Crippen LogP contribution in [-0.4, -0.2) is 33.7 Å². The van der Waals surface area contributed by atoms with Crippen LogP contribution in [0.1, 0.15) is 64.3 Å². The maximum atomic E-state index is 12.9. The van der Waals surface area contributed by atoms with Crippen LogP contribution in [0.4, 0.5) is 16.2 Å². The molecule has 35 heavy (non-hydrogen) atoms. The van der Waals surface area contributed by atoms with Crippen LogP contribution >= 0.6 is 0 Å². The Hall–Kier alpha value is -3.88. The number of carboxylic acid groups (broad SMARTS) is 1. The number of fused-ring (bicyclic) bond motifs is 4. The molecule has 1 aliphatic rings. The van der Waals surface area contributed by atoms with Crippen molar-refractivity contribution in [2.45, 2.75) is 58.6 Å². The third kappa shape index (κ3) is 7.05. The summed E-state index contributed by atoms with van der Waals surface area (Å²) in [4.78, 5) is 40.9. The number of nitrogens with two attached hydrogens (primary N) is 1. The summed E-state index contributed by atoms with van der Waals surface area (Å²) in [6.07, 6.45) is 5.39. The molecule has 0 saturated heterocycles. The van der Waals surface area contributed by atoms with E-state index in [4.69, 9.17) is 15.6 Å². The number of rotatable bonds is 3. The number of hydrogen-bond acceptors (Lipinski definition) is 6. The predicted molar refractivity (Wildman–Crippen MR) is 135 cm³/mol. The van der Waals surface area contributed by atoms with Crippen LogP contribution < -0.4 is 16.4 Å². The van der Waals surface area contributed by atoms with Gasteiger partial charge in [-0.15, -0.1) is 0 Å². The van der Waals surface area contributed by atoms with E-state index in [1.807, 2.05) is 13.0 Å². The Labute approximate surface area is 204 Å². The highest BCUT2D eigenvalue weighted by Crippen LogP contribution is 2.35. The van der Waals surface area contributed by atoms with Crippen molar-refractivity contribution in [2.24, 2.45) is 5.92 Å². The van der Waals surface area contributed by atoms with E-state index >= 15 is 0 Å². The van der Waals surface area contributed by atoms with Crippen molar-refractivity contribution in [3.05, 3.63) is 47.8 Å². The Bertz CT molecular complexity index is 1150. The number of pyridine rings is 1. The van der Waals surface area contributed by atoms with Crippen LogP contribution in [0, 0.1) is 5.92 Å². The average molecular weight is 481 g/mol. The summed E-state index contributed by atoms with van der Waals surface area (Å²) in [7, 11) is 0. The molecule has 2 heterocycles. The normalized spacial score (nSPS) is 18.6. The van der Waals surface area contributed by atoms with E-state index in [0.717, 1.165) is 11.6 Å². The number of carbonyl (C=O) groups is 3. The van der Waals surface area contributed by atoms with E-state index < -0.39 is 23.7 Å². The lowest BCUT2D eigenvalue weighted by Crippen LogP contribution is -2.35. The van der Waals surface area contributed by atoms with Gasteiger partial charge in [0.1, 0.15) is 5.60 Å². The quantitative estimate of drug-likeness (QED) is 0.366. The number of nitrogens with one attached hydrogen (secondary N) is 2. The van der Waals surface area contributed by atoms with Gasteiger partial charge in [0.2, 0.25) is 5.91 Å². The minimum atomic E-state index is -1.10. The van der Waals surface area contributed by atoms with Crippen LogP contribution in [0.3, 0.4) is 0 Å². The second kappa shape index (κ2) is 10.6. The molecular formula is C26H32N4O5. The lowest BCUT2D eigenvalue weighted by atomic mass is 9.94. The number of nitrogen functional groups attached to an aromatic ring is 1. The topological polar surface area (TPSA) is 144 Å². The third-order valence-corrected chi connectivity index (χ3v) is 5.60. The van der Waals surface area contributed by atoms with Crippen molar-refractivity contribution >= 4 is 35.4 Å². The van der Waals surface area contributed by atoms with E-state index in [1.165, 1.54) is 6.08 Å². The first kappa shape index (κ1) is 25.7. The number of carbonyl (C=O) groups excluding carboxylic acids is 2. The second-order valence-corrected chi connectivity index (χ2v) is 9.69. The molecule has 9 heteroatoms. The zero-order valence-corrected chi connectivity index (χ0v) is 20.4.